The first-order valence-corrected chi connectivity index (χ1v) is 7.65. The second kappa shape index (κ2) is 6.27. The van der Waals surface area contributed by atoms with Crippen LogP contribution in [0.2, 0.25) is 5.02 Å². The van der Waals surface area contributed by atoms with Gasteiger partial charge in [0.05, 0.1) is 0 Å². The maximum atomic E-state index is 12.1. The summed E-state index contributed by atoms with van der Waals surface area (Å²) in [7, 11) is 0. The number of carbonyl (C=O) groups excluding carboxylic acids is 1. The van der Waals surface area contributed by atoms with Gasteiger partial charge in [-0.25, -0.2) is 0 Å². The molecule has 108 valence electrons. The van der Waals surface area contributed by atoms with E-state index in [1.165, 1.54) is 24.0 Å². The van der Waals surface area contributed by atoms with E-state index in [1.807, 2.05) is 22.9 Å². The average molecular weight is 302 g/mol. The van der Waals surface area contributed by atoms with Gasteiger partial charge in [-0.2, -0.15) is 4.57 Å². The number of nitrogens with one attached hydrogen (secondary N) is 1. The summed E-state index contributed by atoms with van der Waals surface area (Å²) < 4.78 is 1.95. The average Bonchev–Trinajstić information content (AvgIpc) is 2.47. The van der Waals surface area contributed by atoms with E-state index in [2.05, 4.69) is 17.6 Å². The third-order valence-electron chi connectivity index (χ3n) is 3.78. The number of amides is 1. The molecule has 21 heavy (non-hydrogen) atoms. The molecule has 3 nitrogen and oxygen atoms in total. The second-order valence-electron chi connectivity index (χ2n) is 5.43. The predicted molar refractivity (Wildman–Crippen MR) is 83.4 cm³/mol. The van der Waals surface area contributed by atoms with Crippen LogP contribution in [0.1, 0.15) is 24.0 Å². The highest BCUT2D eigenvalue weighted by molar-refractivity contribution is 6.30. The fourth-order valence-corrected chi connectivity index (χ4v) is 2.94. The molecule has 3 rings (SSSR count). The van der Waals surface area contributed by atoms with Crippen LogP contribution in [0.5, 0.6) is 0 Å². The number of anilines is 1. The second-order valence-corrected chi connectivity index (χ2v) is 5.87. The molecule has 0 radical (unpaired) electrons. The summed E-state index contributed by atoms with van der Waals surface area (Å²) in [6.07, 6.45) is 8.88. The number of carbonyl (C=O) groups is 1. The normalized spacial score (nSPS) is 13.6. The third-order valence-corrected chi connectivity index (χ3v) is 4.01. The molecule has 0 unspecified atom stereocenters. The van der Waals surface area contributed by atoms with Crippen molar-refractivity contribution in [1.29, 1.82) is 0 Å². The van der Waals surface area contributed by atoms with Crippen molar-refractivity contribution in [3.63, 3.8) is 0 Å². The van der Waals surface area contributed by atoms with Gasteiger partial charge in [0.25, 0.3) is 5.91 Å². The molecule has 0 fully saturated rings. The summed E-state index contributed by atoms with van der Waals surface area (Å²) in [5.74, 6) is -0.0435. The quantitative estimate of drug-likeness (QED) is 0.868. The lowest BCUT2D eigenvalue weighted by Gasteiger charge is -2.13. The minimum atomic E-state index is -0.0435. The number of nitrogens with zero attached hydrogens (tertiary/aromatic N) is 1. The summed E-state index contributed by atoms with van der Waals surface area (Å²) in [5.41, 5.74) is 3.53. The van der Waals surface area contributed by atoms with Gasteiger partial charge in [0.15, 0.2) is 12.4 Å². The van der Waals surface area contributed by atoms with Crippen LogP contribution in [-0.2, 0) is 24.2 Å². The van der Waals surface area contributed by atoms with Crippen molar-refractivity contribution in [1.82, 2.24) is 0 Å². The first kappa shape index (κ1) is 14.1. The molecular weight excluding hydrogens is 284 g/mol. The summed E-state index contributed by atoms with van der Waals surface area (Å²) in [4.78, 5) is 12.1. The first-order valence-electron chi connectivity index (χ1n) is 7.27. The van der Waals surface area contributed by atoms with E-state index in [1.54, 1.807) is 12.1 Å². The number of hydrogen-bond acceptors (Lipinski definition) is 1. The van der Waals surface area contributed by atoms with Gasteiger partial charge in [0.2, 0.25) is 6.54 Å². The molecule has 2 aromatic rings. The summed E-state index contributed by atoms with van der Waals surface area (Å²) in [6.45, 7) is 0.319. The van der Waals surface area contributed by atoms with E-state index in [0.29, 0.717) is 11.6 Å². The molecule has 1 aliphatic carbocycles. The van der Waals surface area contributed by atoms with Crippen molar-refractivity contribution < 1.29 is 9.36 Å². The van der Waals surface area contributed by atoms with Gasteiger partial charge in [-0.15, -0.1) is 0 Å². The fraction of sp³-hybridized carbons (Fsp3) is 0.294. The van der Waals surface area contributed by atoms with Crippen LogP contribution < -0.4 is 9.88 Å². The Morgan fingerprint density at radius 3 is 2.81 bits per heavy atom. The lowest BCUT2D eigenvalue weighted by Crippen LogP contribution is -2.40. The number of fused-ring (bicyclic) bond motifs is 1. The van der Waals surface area contributed by atoms with Gasteiger partial charge >= 0.3 is 0 Å². The largest absolute Gasteiger partial charge is 0.321 e. The van der Waals surface area contributed by atoms with Crippen molar-refractivity contribution >= 4 is 23.2 Å². The van der Waals surface area contributed by atoms with Gasteiger partial charge in [-0.3, -0.25) is 4.79 Å². The number of aryl methyl sites for hydroxylation is 2. The van der Waals surface area contributed by atoms with Crippen molar-refractivity contribution in [3.8, 4) is 0 Å². The van der Waals surface area contributed by atoms with Crippen LogP contribution in [0.25, 0.3) is 0 Å². The van der Waals surface area contributed by atoms with E-state index in [-0.39, 0.29) is 5.91 Å². The highest BCUT2D eigenvalue weighted by atomic mass is 35.5. The molecule has 1 aromatic carbocycles. The molecule has 0 saturated carbocycles. The number of pyridine rings is 1. The molecule has 1 N–H and O–H groups in total. The molecule has 1 heterocycles. The Labute approximate surface area is 129 Å². The maximum absolute atomic E-state index is 12.1. The molecule has 1 aliphatic rings. The zero-order valence-electron chi connectivity index (χ0n) is 11.8. The number of rotatable bonds is 3. The van der Waals surface area contributed by atoms with Gasteiger partial charge in [0.1, 0.15) is 0 Å². The lowest BCUT2D eigenvalue weighted by molar-refractivity contribution is -0.684. The Morgan fingerprint density at radius 2 is 2.00 bits per heavy atom. The molecule has 0 atom stereocenters. The summed E-state index contributed by atoms with van der Waals surface area (Å²) >= 11 is 5.91. The van der Waals surface area contributed by atoms with Crippen LogP contribution in [0.3, 0.4) is 0 Å². The molecule has 1 aromatic heterocycles. The van der Waals surface area contributed by atoms with Crippen molar-refractivity contribution in [2.24, 2.45) is 0 Å². The fourth-order valence-electron chi connectivity index (χ4n) is 2.75. The molecule has 0 spiro atoms. The highest BCUT2D eigenvalue weighted by Crippen LogP contribution is 2.19. The smallest absolute Gasteiger partial charge is 0.290 e. The van der Waals surface area contributed by atoms with E-state index >= 15 is 0 Å². The van der Waals surface area contributed by atoms with Crippen LogP contribution in [0, 0.1) is 0 Å². The van der Waals surface area contributed by atoms with Crippen LogP contribution in [0.15, 0.2) is 42.7 Å². The van der Waals surface area contributed by atoms with Crippen molar-refractivity contribution in [2.75, 3.05) is 5.32 Å². The van der Waals surface area contributed by atoms with Gasteiger partial charge in [-0.1, -0.05) is 17.7 Å². The molecular formula is C17H18ClN2O+. The van der Waals surface area contributed by atoms with Crippen molar-refractivity contribution in [2.45, 2.75) is 32.2 Å². The molecule has 4 heteroatoms. The molecule has 0 aliphatic heterocycles. The Kier molecular flexibility index (Phi) is 4.20. The van der Waals surface area contributed by atoms with Crippen LogP contribution in [-0.4, -0.2) is 5.91 Å². The number of hydrogen-bond donors (Lipinski definition) is 1. The lowest BCUT2D eigenvalue weighted by atomic mass is 9.93. The Morgan fingerprint density at radius 1 is 1.19 bits per heavy atom. The maximum Gasteiger partial charge on any atom is 0.290 e. The SMILES string of the molecule is O=C(C[n+]1ccc2c(c1)CCCC2)Nc1cccc(Cl)c1. The number of halogens is 1. The highest BCUT2D eigenvalue weighted by Gasteiger charge is 2.15. The molecule has 1 amide bonds. The standard InChI is InChI=1S/C17H17ClN2O/c18-15-6-3-7-16(10-15)19-17(21)12-20-9-8-13-4-1-2-5-14(13)11-20/h3,6-11H,1-2,4-5,12H2/p+1. The number of benzene rings is 1. The minimum absolute atomic E-state index is 0.0435. The summed E-state index contributed by atoms with van der Waals surface area (Å²) in [6, 6.07) is 9.33. The van der Waals surface area contributed by atoms with Gasteiger partial charge < -0.3 is 5.32 Å². The predicted octanol–water partition coefficient (Wildman–Crippen LogP) is 3.15. The van der Waals surface area contributed by atoms with Gasteiger partial charge in [0, 0.05) is 22.3 Å². The molecule has 0 bridgehead atoms. The first-order chi connectivity index (χ1) is 10.2. The van der Waals surface area contributed by atoms with Crippen molar-refractivity contribution in [3.05, 3.63) is 58.9 Å². The monoisotopic (exact) mass is 301 g/mol. The van der Waals surface area contributed by atoms with E-state index in [0.717, 1.165) is 18.5 Å². The zero-order chi connectivity index (χ0) is 14.7. The number of aromatic nitrogens is 1. The topological polar surface area (TPSA) is 33.0 Å². The van der Waals surface area contributed by atoms with E-state index < -0.39 is 0 Å². The minimum Gasteiger partial charge on any atom is -0.321 e. The third kappa shape index (κ3) is 3.61. The van der Waals surface area contributed by atoms with Gasteiger partial charge in [-0.05, 0) is 49.4 Å². The Balaban J connectivity index is 1.67. The zero-order valence-corrected chi connectivity index (χ0v) is 12.6. The van der Waals surface area contributed by atoms with E-state index in [9.17, 15) is 4.79 Å². The Bertz CT molecular complexity index is 670. The van der Waals surface area contributed by atoms with Crippen LogP contribution in [0.4, 0.5) is 5.69 Å². The Hall–Kier alpha value is -1.87. The van der Waals surface area contributed by atoms with Crippen LogP contribution >= 0.6 is 11.6 Å². The van der Waals surface area contributed by atoms with E-state index in [4.69, 9.17) is 11.6 Å². The summed E-state index contributed by atoms with van der Waals surface area (Å²) in [5, 5.41) is 3.49. The molecule has 0 saturated heterocycles.